The van der Waals surface area contributed by atoms with Crippen LogP contribution >= 0.6 is 0 Å². The van der Waals surface area contributed by atoms with E-state index in [1.165, 1.54) is 0 Å². The van der Waals surface area contributed by atoms with Gasteiger partial charge < -0.3 is 4.57 Å². The summed E-state index contributed by atoms with van der Waals surface area (Å²) in [6.07, 6.45) is 1.14. The Hall–Kier alpha value is -2.47. The monoisotopic (exact) mass is 325 g/mol. The molecule has 4 rings (SSSR count). The van der Waals surface area contributed by atoms with E-state index in [0.717, 1.165) is 43.9 Å². The van der Waals surface area contributed by atoms with Crippen molar-refractivity contribution < 1.29 is 4.92 Å². The van der Waals surface area contributed by atoms with Crippen molar-refractivity contribution in [2.75, 3.05) is 13.1 Å². The Morgan fingerprint density at radius 3 is 2.62 bits per heavy atom. The number of fused-ring (bicyclic) bond motifs is 4. The van der Waals surface area contributed by atoms with E-state index in [4.69, 9.17) is 0 Å². The van der Waals surface area contributed by atoms with E-state index in [1.54, 1.807) is 18.2 Å². The molecule has 0 amide bonds. The zero-order chi connectivity index (χ0) is 16.7. The highest BCUT2D eigenvalue weighted by Gasteiger charge is 2.34. The third kappa shape index (κ3) is 2.73. The summed E-state index contributed by atoms with van der Waals surface area (Å²) in [5.41, 5.74) is 2.46. The molecule has 0 radical (unpaired) electrons. The number of nitrogens with zero attached hydrogens (tertiary/aromatic N) is 3. The fourth-order valence-corrected chi connectivity index (χ4v) is 4.11. The van der Waals surface area contributed by atoms with E-state index < -0.39 is 0 Å². The number of non-ortho nitro benzene ring substituents is 1. The van der Waals surface area contributed by atoms with Crippen LogP contribution < -0.4 is 5.56 Å². The predicted molar refractivity (Wildman–Crippen MR) is 89.9 cm³/mol. The zero-order valence-electron chi connectivity index (χ0n) is 13.3. The molecule has 0 saturated carbocycles. The van der Waals surface area contributed by atoms with Crippen LogP contribution in [0.25, 0.3) is 0 Å². The Morgan fingerprint density at radius 2 is 1.88 bits per heavy atom. The van der Waals surface area contributed by atoms with Crippen LogP contribution in [0.15, 0.2) is 47.3 Å². The molecule has 24 heavy (non-hydrogen) atoms. The number of rotatable bonds is 3. The number of aromatic nitrogens is 1. The van der Waals surface area contributed by atoms with Gasteiger partial charge in [0.2, 0.25) is 0 Å². The molecule has 1 fully saturated rings. The molecule has 2 aromatic rings. The maximum absolute atomic E-state index is 12.0. The summed E-state index contributed by atoms with van der Waals surface area (Å²) in [5.74, 6) is 0.888. The molecule has 0 N–H and O–H groups in total. The molecule has 6 heteroatoms. The van der Waals surface area contributed by atoms with Gasteiger partial charge in [-0.2, -0.15) is 0 Å². The summed E-state index contributed by atoms with van der Waals surface area (Å²) in [6.45, 7) is 3.48. The number of nitro benzene ring substituents is 1. The van der Waals surface area contributed by atoms with Crippen LogP contribution in [0.2, 0.25) is 0 Å². The average molecular weight is 325 g/mol. The van der Waals surface area contributed by atoms with Crippen molar-refractivity contribution in [1.29, 1.82) is 0 Å². The smallest absolute Gasteiger partial charge is 0.269 e. The predicted octanol–water partition coefficient (Wildman–Crippen LogP) is 2.38. The highest BCUT2D eigenvalue weighted by molar-refractivity contribution is 5.33. The highest BCUT2D eigenvalue weighted by Crippen LogP contribution is 2.35. The Bertz CT molecular complexity index is 828. The number of hydrogen-bond acceptors (Lipinski definition) is 4. The standard InChI is InChI=1S/C18H19N3O3/c22-18-3-1-2-17-15-8-14(11-20(17)18)10-19(12-15)9-13-4-6-16(7-5-13)21(23)24/h1-7,14-15H,8-12H2. The number of hydrogen-bond donors (Lipinski definition) is 0. The molecule has 6 nitrogen and oxygen atoms in total. The van der Waals surface area contributed by atoms with Crippen molar-refractivity contribution in [3.05, 3.63) is 74.2 Å². The molecule has 2 bridgehead atoms. The van der Waals surface area contributed by atoms with Crippen LogP contribution in [0.1, 0.15) is 23.6 Å². The first-order chi connectivity index (χ1) is 11.6. The van der Waals surface area contributed by atoms with Crippen LogP contribution in [0.3, 0.4) is 0 Å². The quantitative estimate of drug-likeness (QED) is 0.642. The highest BCUT2D eigenvalue weighted by atomic mass is 16.6. The minimum Gasteiger partial charge on any atom is -0.312 e. The normalized spacial score (nSPS) is 22.8. The molecule has 2 aliphatic rings. The van der Waals surface area contributed by atoms with Gasteiger partial charge in [0, 0.05) is 56.0 Å². The van der Waals surface area contributed by atoms with E-state index in [0.29, 0.717) is 11.8 Å². The average Bonchev–Trinajstić information content (AvgIpc) is 2.56. The zero-order valence-corrected chi connectivity index (χ0v) is 13.3. The number of nitro groups is 1. The first kappa shape index (κ1) is 15.1. The van der Waals surface area contributed by atoms with Crippen LogP contribution in [-0.4, -0.2) is 27.5 Å². The molecule has 0 aliphatic carbocycles. The number of piperidine rings is 1. The van der Waals surface area contributed by atoms with E-state index in [2.05, 4.69) is 11.0 Å². The van der Waals surface area contributed by atoms with Crippen LogP contribution in [0.4, 0.5) is 5.69 Å². The Balaban J connectivity index is 1.52. The van der Waals surface area contributed by atoms with Gasteiger partial charge in [-0.1, -0.05) is 18.2 Å². The lowest BCUT2D eigenvalue weighted by Gasteiger charge is -2.42. The summed E-state index contributed by atoms with van der Waals surface area (Å²) in [6, 6.07) is 12.4. The van der Waals surface area contributed by atoms with Crippen LogP contribution in [0.5, 0.6) is 0 Å². The largest absolute Gasteiger partial charge is 0.312 e. The summed E-state index contributed by atoms with van der Waals surface area (Å²) in [7, 11) is 0. The van der Waals surface area contributed by atoms with Crippen LogP contribution in [-0.2, 0) is 13.1 Å². The molecule has 3 heterocycles. The Morgan fingerprint density at radius 1 is 1.08 bits per heavy atom. The summed E-state index contributed by atoms with van der Waals surface area (Å²) in [5, 5.41) is 10.7. The fourth-order valence-electron chi connectivity index (χ4n) is 4.11. The summed E-state index contributed by atoms with van der Waals surface area (Å²) in [4.78, 5) is 24.8. The molecule has 2 aliphatic heterocycles. The first-order valence-corrected chi connectivity index (χ1v) is 8.25. The second-order valence-corrected chi connectivity index (χ2v) is 6.82. The van der Waals surface area contributed by atoms with Crippen molar-refractivity contribution in [2.24, 2.45) is 5.92 Å². The molecule has 2 unspecified atom stereocenters. The first-order valence-electron chi connectivity index (χ1n) is 8.25. The van der Waals surface area contributed by atoms with Crippen molar-refractivity contribution in [1.82, 2.24) is 9.47 Å². The molecule has 1 aromatic carbocycles. The third-order valence-corrected chi connectivity index (χ3v) is 5.11. The topological polar surface area (TPSA) is 68.4 Å². The van der Waals surface area contributed by atoms with Gasteiger partial charge in [0.1, 0.15) is 0 Å². The lowest BCUT2D eigenvalue weighted by molar-refractivity contribution is -0.384. The van der Waals surface area contributed by atoms with Gasteiger partial charge in [0.25, 0.3) is 11.2 Å². The van der Waals surface area contributed by atoms with E-state index >= 15 is 0 Å². The Labute approximate surface area is 139 Å². The number of benzene rings is 1. The lowest BCUT2D eigenvalue weighted by atomic mass is 9.83. The minimum absolute atomic E-state index is 0.103. The van der Waals surface area contributed by atoms with Gasteiger partial charge in [-0.15, -0.1) is 0 Å². The molecule has 1 aromatic heterocycles. The second-order valence-electron chi connectivity index (χ2n) is 6.82. The number of pyridine rings is 1. The second kappa shape index (κ2) is 5.87. The van der Waals surface area contributed by atoms with Gasteiger partial charge in [-0.05, 0) is 24.0 Å². The van der Waals surface area contributed by atoms with Gasteiger partial charge in [0.15, 0.2) is 0 Å². The molecule has 2 atom stereocenters. The van der Waals surface area contributed by atoms with Crippen LogP contribution in [0, 0.1) is 16.0 Å². The van der Waals surface area contributed by atoms with Crippen molar-refractivity contribution in [3.63, 3.8) is 0 Å². The van der Waals surface area contributed by atoms with Gasteiger partial charge in [-0.25, -0.2) is 0 Å². The molecule has 124 valence electrons. The third-order valence-electron chi connectivity index (χ3n) is 5.11. The minimum atomic E-state index is -0.371. The van der Waals surface area contributed by atoms with E-state index in [-0.39, 0.29) is 16.2 Å². The molecule has 0 spiro atoms. The maximum Gasteiger partial charge on any atom is 0.269 e. The van der Waals surface area contributed by atoms with Gasteiger partial charge in [0.05, 0.1) is 4.92 Å². The fraction of sp³-hybridized carbons (Fsp3) is 0.389. The van der Waals surface area contributed by atoms with Gasteiger partial charge >= 0.3 is 0 Å². The van der Waals surface area contributed by atoms with Gasteiger partial charge in [-0.3, -0.25) is 19.8 Å². The van der Waals surface area contributed by atoms with E-state index in [1.807, 2.05) is 22.8 Å². The van der Waals surface area contributed by atoms with Crippen molar-refractivity contribution in [2.45, 2.75) is 25.4 Å². The molecule has 1 saturated heterocycles. The maximum atomic E-state index is 12.0. The van der Waals surface area contributed by atoms with E-state index in [9.17, 15) is 14.9 Å². The van der Waals surface area contributed by atoms with Crippen molar-refractivity contribution in [3.8, 4) is 0 Å². The summed E-state index contributed by atoms with van der Waals surface area (Å²) < 4.78 is 1.93. The SMILES string of the molecule is O=c1cccc2n1CC1CC2CN(Cc2ccc([N+](=O)[O-])cc2)C1. The lowest BCUT2D eigenvalue weighted by Crippen LogP contribution is -2.46. The summed E-state index contributed by atoms with van der Waals surface area (Å²) >= 11 is 0. The van der Waals surface area contributed by atoms with Crippen molar-refractivity contribution >= 4 is 5.69 Å². The molecular formula is C18H19N3O3. The molecular weight excluding hydrogens is 306 g/mol. The number of likely N-dealkylation sites (tertiary alicyclic amines) is 1. The Kier molecular flexibility index (Phi) is 3.69.